The molecule has 0 atom stereocenters. The summed E-state index contributed by atoms with van der Waals surface area (Å²) >= 11 is 11.8. The van der Waals surface area contributed by atoms with Gasteiger partial charge in [0.25, 0.3) is 5.91 Å². The molecule has 0 aliphatic heterocycles. The average Bonchev–Trinajstić information content (AvgIpc) is 2.65. The highest BCUT2D eigenvalue weighted by molar-refractivity contribution is 6.35. The first-order valence-corrected chi connectivity index (χ1v) is 8.91. The Morgan fingerprint density at radius 3 is 2.59 bits per heavy atom. The van der Waals surface area contributed by atoms with Crippen LogP contribution in [0.1, 0.15) is 12.8 Å². The third-order valence-corrected chi connectivity index (χ3v) is 3.95. The molecule has 0 unspecified atom stereocenters. The van der Waals surface area contributed by atoms with Crippen molar-refractivity contribution in [2.45, 2.75) is 12.8 Å². The van der Waals surface area contributed by atoms with Crippen LogP contribution < -0.4 is 14.8 Å². The van der Waals surface area contributed by atoms with Crippen LogP contribution in [0.25, 0.3) is 0 Å². The third kappa shape index (κ3) is 7.00. The number of rotatable bonds is 9. The molecule has 0 aliphatic rings. The number of para-hydroxylation sites is 2. The number of hydrogen-bond donors (Lipinski definition) is 1. The Labute approximate surface area is 167 Å². The van der Waals surface area contributed by atoms with Gasteiger partial charge in [0, 0.05) is 11.4 Å². The first kappa shape index (κ1) is 20.9. The molecule has 27 heavy (non-hydrogen) atoms. The summed E-state index contributed by atoms with van der Waals surface area (Å²) in [7, 11) is 1.50. The van der Waals surface area contributed by atoms with Gasteiger partial charge in [0.15, 0.2) is 6.61 Å². The zero-order valence-electron chi connectivity index (χ0n) is 14.7. The molecule has 1 N–H and O–H groups in total. The number of methoxy groups -OCH3 is 1. The smallest absolute Gasteiger partial charge is 0.306 e. The van der Waals surface area contributed by atoms with Crippen LogP contribution in [-0.2, 0) is 14.3 Å². The lowest BCUT2D eigenvalue weighted by Crippen LogP contribution is -2.21. The molecule has 0 fully saturated rings. The second-order valence-electron chi connectivity index (χ2n) is 5.44. The van der Waals surface area contributed by atoms with E-state index in [-0.39, 0.29) is 19.6 Å². The third-order valence-electron chi connectivity index (χ3n) is 3.42. The number of amides is 1. The highest BCUT2D eigenvalue weighted by atomic mass is 35.5. The fraction of sp³-hybridized carbons (Fsp3) is 0.263. The van der Waals surface area contributed by atoms with Crippen molar-refractivity contribution in [3.8, 4) is 11.5 Å². The van der Waals surface area contributed by atoms with Crippen molar-refractivity contribution in [1.29, 1.82) is 0 Å². The predicted molar refractivity (Wildman–Crippen MR) is 104 cm³/mol. The molecule has 8 heteroatoms. The van der Waals surface area contributed by atoms with Crippen LogP contribution in [-0.4, -0.2) is 32.2 Å². The van der Waals surface area contributed by atoms with Gasteiger partial charge in [-0.3, -0.25) is 9.59 Å². The van der Waals surface area contributed by atoms with E-state index in [0.717, 1.165) is 0 Å². The van der Waals surface area contributed by atoms with E-state index in [1.54, 1.807) is 42.5 Å². The molecular formula is C19H19Cl2NO5. The normalized spacial score (nSPS) is 10.2. The maximum Gasteiger partial charge on any atom is 0.306 e. The number of anilines is 1. The molecule has 144 valence electrons. The van der Waals surface area contributed by atoms with E-state index >= 15 is 0 Å². The molecule has 0 radical (unpaired) electrons. The maximum absolute atomic E-state index is 11.9. The summed E-state index contributed by atoms with van der Waals surface area (Å²) in [5.74, 6) is 0.0776. The van der Waals surface area contributed by atoms with Gasteiger partial charge in [-0.2, -0.15) is 0 Å². The van der Waals surface area contributed by atoms with E-state index in [9.17, 15) is 9.59 Å². The van der Waals surface area contributed by atoms with Gasteiger partial charge in [0.2, 0.25) is 0 Å². The number of carbonyl (C=O) groups is 2. The zero-order chi connectivity index (χ0) is 19.6. The molecule has 2 aromatic rings. The topological polar surface area (TPSA) is 73.9 Å². The summed E-state index contributed by atoms with van der Waals surface area (Å²) in [6, 6.07) is 11.9. The van der Waals surface area contributed by atoms with Crippen LogP contribution >= 0.6 is 23.2 Å². The molecular weight excluding hydrogens is 393 g/mol. The van der Waals surface area contributed by atoms with Crippen LogP contribution in [0.3, 0.4) is 0 Å². The van der Waals surface area contributed by atoms with E-state index < -0.39 is 11.9 Å². The molecule has 0 aliphatic carbocycles. The van der Waals surface area contributed by atoms with Gasteiger partial charge in [-0.05, 0) is 36.8 Å². The van der Waals surface area contributed by atoms with Crippen molar-refractivity contribution in [1.82, 2.24) is 0 Å². The lowest BCUT2D eigenvalue weighted by atomic mass is 10.3. The van der Waals surface area contributed by atoms with Gasteiger partial charge in [-0.25, -0.2) is 0 Å². The van der Waals surface area contributed by atoms with Crippen LogP contribution in [0.5, 0.6) is 11.5 Å². The summed E-state index contributed by atoms with van der Waals surface area (Å²) in [4.78, 5) is 23.6. The lowest BCUT2D eigenvalue weighted by molar-refractivity contribution is -0.147. The van der Waals surface area contributed by atoms with E-state index in [4.69, 9.17) is 37.4 Å². The van der Waals surface area contributed by atoms with Crippen molar-refractivity contribution >= 4 is 40.8 Å². The molecule has 2 rings (SSSR count). The summed E-state index contributed by atoms with van der Waals surface area (Å²) in [6.45, 7) is -0.0926. The van der Waals surface area contributed by atoms with Gasteiger partial charge >= 0.3 is 5.97 Å². The Morgan fingerprint density at radius 1 is 1.07 bits per heavy atom. The number of benzene rings is 2. The Morgan fingerprint density at radius 2 is 1.85 bits per heavy atom. The standard InChI is InChI=1S/C19H19Cl2NO5/c1-25-17-6-3-2-5-15(17)22-18(23)12-27-19(24)7-4-10-26-16-9-8-13(20)11-14(16)21/h2-3,5-6,8-9,11H,4,7,10,12H2,1H3,(H,22,23). The quantitative estimate of drug-likeness (QED) is 0.490. The number of nitrogens with one attached hydrogen (secondary N) is 1. The van der Waals surface area contributed by atoms with Gasteiger partial charge in [0.05, 0.1) is 24.4 Å². The molecule has 0 aromatic heterocycles. The number of esters is 1. The van der Waals surface area contributed by atoms with Crippen molar-refractivity contribution in [2.24, 2.45) is 0 Å². The number of hydrogen-bond acceptors (Lipinski definition) is 5. The van der Waals surface area contributed by atoms with E-state index in [2.05, 4.69) is 5.32 Å². The van der Waals surface area contributed by atoms with E-state index in [1.807, 2.05) is 0 Å². The van der Waals surface area contributed by atoms with E-state index in [1.165, 1.54) is 7.11 Å². The second-order valence-corrected chi connectivity index (χ2v) is 6.28. The first-order valence-electron chi connectivity index (χ1n) is 8.16. The Hall–Kier alpha value is -2.44. The summed E-state index contributed by atoms with van der Waals surface area (Å²) in [5.41, 5.74) is 0.509. The monoisotopic (exact) mass is 411 g/mol. The molecule has 0 saturated carbocycles. The van der Waals surface area contributed by atoms with Gasteiger partial charge < -0.3 is 19.5 Å². The summed E-state index contributed by atoms with van der Waals surface area (Å²) in [6.07, 6.45) is 0.541. The van der Waals surface area contributed by atoms with Crippen LogP contribution in [0.2, 0.25) is 10.0 Å². The molecule has 0 saturated heterocycles. The van der Waals surface area contributed by atoms with Crippen molar-refractivity contribution in [3.05, 3.63) is 52.5 Å². The van der Waals surface area contributed by atoms with E-state index in [0.29, 0.717) is 33.7 Å². The fourth-order valence-corrected chi connectivity index (χ4v) is 2.61. The lowest BCUT2D eigenvalue weighted by Gasteiger charge is -2.10. The SMILES string of the molecule is COc1ccccc1NC(=O)COC(=O)CCCOc1ccc(Cl)cc1Cl. The minimum atomic E-state index is -0.490. The van der Waals surface area contributed by atoms with Crippen molar-refractivity contribution in [3.63, 3.8) is 0 Å². The highest BCUT2D eigenvalue weighted by Gasteiger charge is 2.10. The predicted octanol–water partition coefficient (Wildman–Crippen LogP) is 4.34. The van der Waals surface area contributed by atoms with Crippen LogP contribution in [0.4, 0.5) is 5.69 Å². The summed E-state index contributed by atoms with van der Waals surface area (Å²) < 4.78 is 15.6. The Balaban J connectivity index is 1.66. The minimum Gasteiger partial charge on any atom is -0.495 e. The molecule has 0 spiro atoms. The first-order chi connectivity index (χ1) is 13.0. The molecule has 6 nitrogen and oxygen atoms in total. The maximum atomic E-state index is 11.9. The highest BCUT2D eigenvalue weighted by Crippen LogP contribution is 2.27. The Bertz CT molecular complexity index is 797. The molecule has 1 amide bonds. The fourth-order valence-electron chi connectivity index (χ4n) is 2.14. The van der Waals surface area contributed by atoms with Crippen LogP contribution in [0.15, 0.2) is 42.5 Å². The van der Waals surface area contributed by atoms with Gasteiger partial charge in [-0.15, -0.1) is 0 Å². The minimum absolute atomic E-state index is 0.118. The van der Waals surface area contributed by atoms with Crippen LogP contribution in [0, 0.1) is 0 Å². The zero-order valence-corrected chi connectivity index (χ0v) is 16.2. The number of ether oxygens (including phenoxy) is 3. The Kier molecular flexibility index (Phi) is 8.23. The average molecular weight is 412 g/mol. The molecule has 0 bridgehead atoms. The number of halogens is 2. The molecule has 2 aromatic carbocycles. The van der Waals surface area contributed by atoms with Crippen molar-refractivity contribution < 1.29 is 23.8 Å². The second kappa shape index (κ2) is 10.6. The molecule has 0 heterocycles. The number of carbonyl (C=O) groups excluding carboxylic acids is 2. The van der Waals surface area contributed by atoms with Crippen molar-refractivity contribution in [2.75, 3.05) is 25.6 Å². The summed E-state index contributed by atoms with van der Waals surface area (Å²) in [5, 5.41) is 3.54. The van der Waals surface area contributed by atoms with Gasteiger partial charge in [-0.1, -0.05) is 35.3 Å². The van der Waals surface area contributed by atoms with Gasteiger partial charge in [0.1, 0.15) is 11.5 Å². The largest absolute Gasteiger partial charge is 0.495 e.